The molecule has 0 aromatic rings. The lowest BCUT2D eigenvalue weighted by Crippen LogP contribution is -2.37. The zero-order chi connectivity index (χ0) is 10.9. The van der Waals surface area contributed by atoms with E-state index < -0.39 is 38.6 Å². The van der Waals surface area contributed by atoms with Crippen molar-refractivity contribution in [2.45, 2.75) is 24.2 Å². The van der Waals surface area contributed by atoms with Gasteiger partial charge < -0.3 is 25.3 Å². The largest absolute Gasteiger partial charge is 0.469 e. The number of phosphoric ester groups is 1. The Labute approximate surface area is 81.7 Å². The van der Waals surface area contributed by atoms with Gasteiger partial charge in [-0.15, -0.1) is 0 Å². The van der Waals surface area contributed by atoms with Crippen LogP contribution in [0.2, 0.25) is 0 Å². The molecule has 0 aromatic carbocycles. The summed E-state index contributed by atoms with van der Waals surface area (Å²) in [6.07, 6.45) is -2.36. The van der Waals surface area contributed by atoms with Crippen LogP contribution in [0.4, 0.5) is 0 Å². The summed E-state index contributed by atoms with van der Waals surface area (Å²) in [5.74, 6) is -0.824. The number of hydrogen-bond donors (Lipinski definition) is 5. The predicted molar refractivity (Wildman–Crippen MR) is 46.5 cm³/mol. The van der Waals surface area contributed by atoms with Gasteiger partial charge in [-0.1, -0.05) is 0 Å². The number of phosphoric acid groups is 1. The van der Waals surface area contributed by atoms with Gasteiger partial charge in [0.05, 0.1) is 32.7 Å². The molecule has 5 N–H and O–H groups in total. The van der Waals surface area contributed by atoms with Crippen molar-refractivity contribution in [1.82, 2.24) is 5.32 Å². The second kappa shape index (κ2) is 4.28. The van der Waals surface area contributed by atoms with Crippen molar-refractivity contribution < 1.29 is 29.1 Å². The minimum absolute atomic E-state index is 0.420. The van der Waals surface area contributed by atoms with Gasteiger partial charge >= 0.3 is 7.82 Å². The van der Waals surface area contributed by atoms with E-state index in [9.17, 15) is 14.8 Å². The standard InChI is InChI=1S/C5H11BNO6P/c6-5-4(9)3(8)2(7-5)1-13-14(10,11)12/h2-5,7-9H,1H2,(H2,10,11,12)/t2-,3-,4-,5-/m1/s1. The number of hydrogen-bond acceptors (Lipinski definition) is 5. The molecule has 1 heterocycles. The van der Waals surface area contributed by atoms with Crippen LogP contribution in [0.25, 0.3) is 0 Å². The van der Waals surface area contributed by atoms with E-state index in [1.54, 1.807) is 0 Å². The summed E-state index contributed by atoms with van der Waals surface area (Å²) in [5, 5.41) is 21.0. The van der Waals surface area contributed by atoms with E-state index in [-0.39, 0.29) is 0 Å². The normalized spacial score (nSPS) is 38.9. The number of aliphatic hydroxyl groups excluding tert-OH is 2. The van der Waals surface area contributed by atoms with Gasteiger partial charge in [0, 0.05) is 0 Å². The van der Waals surface area contributed by atoms with Gasteiger partial charge in [-0.3, -0.25) is 4.52 Å². The quantitative estimate of drug-likeness (QED) is 0.260. The van der Waals surface area contributed by atoms with Crippen LogP contribution in [0.3, 0.4) is 0 Å². The Kier molecular flexibility index (Phi) is 3.71. The summed E-state index contributed by atoms with van der Waals surface area (Å²) >= 11 is 0. The third-order valence-electron chi connectivity index (χ3n) is 1.96. The summed E-state index contributed by atoms with van der Waals surface area (Å²) < 4.78 is 14.5. The maximum Gasteiger partial charge on any atom is 0.469 e. The van der Waals surface area contributed by atoms with E-state index >= 15 is 0 Å². The van der Waals surface area contributed by atoms with E-state index in [1.807, 2.05) is 0 Å². The van der Waals surface area contributed by atoms with Crippen molar-refractivity contribution in [3.05, 3.63) is 0 Å². The Bertz CT molecular complexity index is 246. The Morgan fingerprint density at radius 1 is 1.36 bits per heavy atom. The third-order valence-corrected chi connectivity index (χ3v) is 2.44. The Balaban J connectivity index is 2.44. The molecule has 4 atom stereocenters. The van der Waals surface area contributed by atoms with E-state index in [0.29, 0.717) is 0 Å². The molecule has 0 spiro atoms. The van der Waals surface area contributed by atoms with Crippen molar-refractivity contribution in [2.75, 3.05) is 6.61 Å². The number of aliphatic hydroxyl groups is 2. The number of nitrogens with one attached hydrogen (secondary N) is 1. The molecule has 1 rings (SSSR count). The average molecular weight is 223 g/mol. The Morgan fingerprint density at radius 3 is 2.29 bits per heavy atom. The molecule has 1 aliphatic rings. The smallest absolute Gasteiger partial charge is 0.390 e. The second-order valence-electron chi connectivity index (χ2n) is 3.07. The van der Waals surface area contributed by atoms with Crippen molar-refractivity contribution in [3.63, 3.8) is 0 Å². The van der Waals surface area contributed by atoms with Gasteiger partial charge in [-0.2, -0.15) is 0 Å². The maximum absolute atomic E-state index is 10.3. The molecule has 1 aliphatic heterocycles. The van der Waals surface area contributed by atoms with Crippen molar-refractivity contribution in [3.8, 4) is 0 Å². The summed E-state index contributed by atoms with van der Waals surface area (Å²) in [5.41, 5.74) is 0. The first kappa shape index (κ1) is 12.1. The molecule has 80 valence electrons. The molecule has 0 unspecified atom stereocenters. The van der Waals surface area contributed by atoms with Crippen LogP contribution in [0.15, 0.2) is 0 Å². The highest BCUT2D eigenvalue weighted by Gasteiger charge is 2.38. The summed E-state index contributed by atoms with van der Waals surface area (Å²) in [6.45, 7) is -0.420. The van der Waals surface area contributed by atoms with Crippen LogP contribution in [0, 0.1) is 0 Å². The number of rotatable bonds is 3. The van der Waals surface area contributed by atoms with Gasteiger partial charge in [-0.05, 0) is 5.94 Å². The van der Waals surface area contributed by atoms with Gasteiger partial charge in [-0.25, -0.2) is 4.57 Å². The zero-order valence-corrected chi connectivity index (χ0v) is 8.04. The highest BCUT2D eigenvalue weighted by atomic mass is 31.2. The van der Waals surface area contributed by atoms with Crippen molar-refractivity contribution in [1.29, 1.82) is 0 Å². The van der Waals surface area contributed by atoms with Crippen LogP contribution in [0.5, 0.6) is 0 Å². The van der Waals surface area contributed by atoms with E-state index in [2.05, 4.69) is 9.84 Å². The van der Waals surface area contributed by atoms with Crippen LogP contribution in [-0.4, -0.2) is 58.6 Å². The molecule has 7 nitrogen and oxygen atoms in total. The van der Waals surface area contributed by atoms with Crippen LogP contribution in [0.1, 0.15) is 0 Å². The first-order valence-electron chi connectivity index (χ1n) is 3.89. The minimum atomic E-state index is -4.56. The molecule has 1 fully saturated rings. The van der Waals surface area contributed by atoms with Crippen molar-refractivity contribution >= 4 is 15.7 Å². The van der Waals surface area contributed by atoms with Gasteiger partial charge in [0.15, 0.2) is 0 Å². The molecule has 14 heavy (non-hydrogen) atoms. The fraction of sp³-hybridized carbons (Fsp3) is 1.00. The SMILES string of the molecule is [B][C@@H]1N[C@H](COP(=O)(O)O)[C@@H](O)[C@H]1O. The third kappa shape index (κ3) is 3.03. The molecule has 0 aliphatic carbocycles. The lowest BCUT2D eigenvalue weighted by atomic mass is 9.92. The summed E-state index contributed by atoms with van der Waals surface area (Å²) in [4.78, 5) is 16.8. The first-order chi connectivity index (χ1) is 6.31. The molecule has 1 saturated heterocycles. The topological polar surface area (TPSA) is 119 Å². The van der Waals surface area contributed by atoms with Gasteiger partial charge in [0.2, 0.25) is 0 Å². The molecule has 0 amide bonds. The molecular weight excluding hydrogens is 212 g/mol. The Morgan fingerprint density at radius 2 is 1.93 bits per heavy atom. The zero-order valence-electron chi connectivity index (χ0n) is 7.15. The second-order valence-corrected chi connectivity index (χ2v) is 4.31. The average Bonchev–Trinajstić information content (AvgIpc) is 2.28. The van der Waals surface area contributed by atoms with Crippen LogP contribution >= 0.6 is 7.82 Å². The minimum Gasteiger partial charge on any atom is -0.390 e. The Hall–Kier alpha value is 0.0549. The lowest BCUT2D eigenvalue weighted by Gasteiger charge is -2.16. The fourth-order valence-corrected chi connectivity index (χ4v) is 1.57. The summed E-state index contributed by atoms with van der Waals surface area (Å²) in [6, 6.07) is -0.785. The predicted octanol–water partition coefficient (Wildman–Crippen LogP) is -2.72. The van der Waals surface area contributed by atoms with E-state index in [4.69, 9.17) is 17.6 Å². The molecule has 0 aromatic heterocycles. The molecule has 0 saturated carbocycles. The first-order valence-corrected chi connectivity index (χ1v) is 5.42. The molecular formula is C5H11BNO6P. The van der Waals surface area contributed by atoms with Crippen molar-refractivity contribution in [2.24, 2.45) is 0 Å². The lowest BCUT2D eigenvalue weighted by molar-refractivity contribution is 0.0259. The highest BCUT2D eigenvalue weighted by Crippen LogP contribution is 2.36. The molecule has 2 radical (unpaired) electrons. The molecule has 0 bridgehead atoms. The monoisotopic (exact) mass is 223 g/mol. The maximum atomic E-state index is 10.3. The summed E-state index contributed by atoms with van der Waals surface area (Å²) in [7, 11) is 0.770. The fourth-order valence-electron chi connectivity index (χ4n) is 1.22. The van der Waals surface area contributed by atoms with E-state index in [1.165, 1.54) is 0 Å². The van der Waals surface area contributed by atoms with Gasteiger partial charge in [0.25, 0.3) is 0 Å². The highest BCUT2D eigenvalue weighted by molar-refractivity contribution is 7.46. The van der Waals surface area contributed by atoms with Gasteiger partial charge in [0.1, 0.15) is 0 Å². The van der Waals surface area contributed by atoms with E-state index in [0.717, 1.165) is 0 Å². The van der Waals surface area contributed by atoms with Crippen LogP contribution < -0.4 is 5.32 Å². The van der Waals surface area contributed by atoms with Crippen LogP contribution in [-0.2, 0) is 9.09 Å². The molecule has 9 heteroatoms.